The average Bonchev–Trinajstić information content (AvgIpc) is 0.677. The van der Waals surface area contributed by atoms with Crippen LogP contribution in [0, 0.1) is 56.7 Å². The summed E-state index contributed by atoms with van der Waals surface area (Å²) in [5.41, 5.74) is -2.74. The molecule has 10 fully saturated rings. The molecule has 97 heavy (non-hydrogen) atoms. The van der Waals surface area contributed by atoms with Gasteiger partial charge in [0.15, 0.2) is 43.7 Å². The van der Waals surface area contributed by atoms with Crippen molar-refractivity contribution in [1.82, 2.24) is 0 Å². The molecule has 33 heteroatoms. The van der Waals surface area contributed by atoms with Crippen molar-refractivity contribution in [2.24, 2.45) is 56.7 Å². The third kappa shape index (κ3) is 13.1. The van der Waals surface area contributed by atoms with Crippen LogP contribution in [0.1, 0.15) is 99.8 Å². The number of allylic oxidation sites excluding steroid dienone is 2. The maximum Gasteiger partial charge on any atom is 0.335 e. The minimum absolute atomic E-state index is 0.132. The standard InChI is InChI=1S/C64H100O33/c1-22-35(70)48(93-55-45(80)40(75)37(72)28(17-65)89-55)47(82)57(88-22)95-50-39(74)30(91-54-44(79)36(71)27(69)19-86-54)20-87-58(50)97-53(85)24-15-60(2,3)14-23-25-8-9-32-61(4)12-11-33(62(5,21-67)31(61)10-13-63(32,6)64(25,7)16-26(68)34(23)24)92-59-51(43(78)42(77)49(94-59)52(83)84)96-56-46(81)41(76)38(73)29(18-66)90-56/h8,21-24,26-51,54-59,65-66,68-82H,9-20H2,1-7H3,(H,83,84)/t22-,23-,24+,26+,27+,28+,29+,30+,31-,32+,33-,34-,35-,36-,37+,38-,39+,40-,41-,42-,43-,44+,45+,46+,47+,48+,49-,50-,51+,54-,55-,56-,57-,58+,59+,61-,62-,63+,64+/m0/s1. The molecule has 0 amide bonds. The quantitative estimate of drug-likeness (QED) is 0.0296. The molecule has 0 aromatic rings. The molecule has 5 aliphatic carbocycles. The summed E-state index contributed by atoms with van der Waals surface area (Å²) < 4.78 is 71.1. The number of aliphatic hydroxyl groups is 17. The lowest BCUT2D eigenvalue weighted by Gasteiger charge is -2.71. The Labute approximate surface area is 558 Å². The van der Waals surface area contributed by atoms with Crippen LogP contribution in [0.25, 0.3) is 0 Å². The van der Waals surface area contributed by atoms with Gasteiger partial charge in [0.05, 0.1) is 56.1 Å². The molecule has 0 radical (unpaired) electrons. The molecule has 0 unspecified atom stereocenters. The van der Waals surface area contributed by atoms with E-state index in [4.69, 9.17) is 56.8 Å². The zero-order valence-corrected chi connectivity index (χ0v) is 55.0. The van der Waals surface area contributed by atoms with Crippen LogP contribution in [0.3, 0.4) is 0 Å². The number of aliphatic carboxylic acids is 1. The first kappa shape index (κ1) is 75.4. The molecule has 18 N–H and O–H groups in total. The van der Waals surface area contributed by atoms with Crippen LogP contribution in [-0.4, -0.2) is 321 Å². The molecule has 0 aromatic carbocycles. The van der Waals surface area contributed by atoms with Crippen LogP contribution in [0.15, 0.2) is 11.6 Å². The van der Waals surface area contributed by atoms with Gasteiger partial charge in [-0.25, -0.2) is 4.79 Å². The van der Waals surface area contributed by atoms with Gasteiger partial charge in [-0.05, 0) is 97.7 Å². The third-order valence-electron chi connectivity index (χ3n) is 24.5. The number of rotatable bonds is 16. The highest BCUT2D eigenvalue weighted by Crippen LogP contribution is 2.75. The van der Waals surface area contributed by atoms with E-state index in [1.54, 1.807) is 6.92 Å². The van der Waals surface area contributed by atoms with E-state index in [9.17, 15) is 102 Å². The summed E-state index contributed by atoms with van der Waals surface area (Å²) in [6.45, 7) is 10.9. The number of aldehydes is 1. The van der Waals surface area contributed by atoms with Crippen molar-refractivity contribution in [2.45, 2.75) is 284 Å². The monoisotopic (exact) mass is 1400 g/mol. The molecule has 11 aliphatic rings. The van der Waals surface area contributed by atoms with Gasteiger partial charge in [-0.2, -0.15) is 0 Å². The molecular formula is C64H100O33. The Morgan fingerprint density at radius 3 is 1.72 bits per heavy atom. The van der Waals surface area contributed by atoms with E-state index >= 15 is 4.79 Å². The third-order valence-corrected chi connectivity index (χ3v) is 24.5. The van der Waals surface area contributed by atoms with Crippen molar-refractivity contribution in [2.75, 3.05) is 26.4 Å². The van der Waals surface area contributed by atoms with Crippen molar-refractivity contribution in [3.8, 4) is 0 Å². The summed E-state index contributed by atoms with van der Waals surface area (Å²) in [7, 11) is 0. The van der Waals surface area contributed by atoms with Crippen LogP contribution in [0.4, 0.5) is 0 Å². The SMILES string of the molecule is C[C@@H]1O[C@@H](O[C@@H]2[C@@H](OC(=O)[C@@H]3CC(C)(C)C[C@H]4C5=CC[C@@H]6[C@@]7(C)CC[C@H](O[C@@H]8O[C@H](C(=O)O)[C@@H](O)[C@H](O)[C@H]8O[C@@H]8O[C@H](CO)[C@H](O)[C@H](O)[C@H]8O)[C@@](C)(C=O)[C@H]7CC[C@@]6(C)[C@]5(C)C[C@@H](O)[C@H]34)OC[C@@H](O[C@@H]3OC[C@@H](O)[C@H](O)[C@H]3O)[C@H]2O)[C@H](O)[C@H](O[C@@H]2O[C@H](CO)[C@@H](O)[C@H](O)[C@H]2O)[C@H]1O. The number of fused-ring (bicyclic) bond motifs is 7. The van der Waals surface area contributed by atoms with E-state index < -0.39 is 273 Å². The first-order valence-corrected chi connectivity index (χ1v) is 33.7. The maximum absolute atomic E-state index is 15.3. The Bertz CT molecular complexity index is 2800. The molecule has 0 spiro atoms. The maximum atomic E-state index is 15.3. The van der Waals surface area contributed by atoms with Gasteiger partial charge >= 0.3 is 11.9 Å². The number of aliphatic hydroxyl groups excluding tert-OH is 17. The van der Waals surface area contributed by atoms with E-state index in [0.29, 0.717) is 32.1 Å². The molecule has 6 saturated heterocycles. The van der Waals surface area contributed by atoms with Crippen LogP contribution in [0.5, 0.6) is 0 Å². The van der Waals surface area contributed by atoms with Gasteiger partial charge in [0.2, 0.25) is 6.29 Å². The molecule has 6 aliphatic heterocycles. The van der Waals surface area contributed by atoms with Crippen LogP contribution in [0.2, 0.25) is 0 Å². The summed E-state index contributed by atoms with van der Waals surface area (Å²) in [6, 6.07) is 0. The molecule has 39 atom stereocenters. The highest BCUT2D eigenvalue weighted by molar-refractivity contribution is 5.74. The van der Waals surface area contributed by atoms with Crippen LogP contribution in [-0.2, 0) is 71.2 Å². The topological polar surface area (TPSA) is 526 Å². The van der Waals surface area contributed by atoms with Gasteiger partial charge in [0.25, 0.3) is 0 Å². The molecule has 0 bridgehead atoms. The van der Waals surface area contributed by atoms with E-state index in [1.807, 2.05) is 13.8 Å². The van der Waals surface area contributed by atoms with Gasteiger partial charge < -0.3 is 154 Å². The van der Waals surface area contributed by atoms with E-state index in [1.165, 1.54) is 6.92 Å². The Balaban J connectivity index is 0.835. The minimum Gasteiger partial charge on any atom is -0.479 e. The number of carbonyl (C=O) groups excluding carboxylic acids is 2. The van der Waals surface area contributed by atoms with Crippen LogP contribution < -0.4 is 0 Å². The van der Waals surface area contributed by atoms with Crippen LogP contribution >= 0.6 is 0 Å². The van der Waals surface area contributed by atoms with Crippen molar-refractivity contribution in [1.29, 1.82) is 0 Å². The van der Waals surface area contributed by atoms with E-state index in [0.717, 1.165) is 11.9 Å². The molecule has 11 rings (SSSR count). The molecular weight excluding hydrogens is 1300 g/mol. The van der Waals surface area contributed by atoms with Crippen molar-refractivity contribution in [3.05, 3.63) is 11.6 Å². The average molecular weight is 1400 g/mol. The van der Waals surface area contributed by atoms with Gasteiger partial charge in [-0.15, -0.1) is 0 Å². The predicted molar refractivity (Wildman–Crippen MR) is 317 cm³/mol. The second kappa shape index (κ2) is 28.4. The summed E-state index contributed by atoms with van der Waals surface area (Å²) in [5, 5.41) is 196. The fraction of sp³-hybridized carbons (Fsp3) is 0.922. The normalized spacial score (nSPS) is 54.6. The lowest BCUT2D eigenvalue weighted by Crippen LogP contribution is -2.68. The number of carboxylic acid groups (broad SMARTS) is 1. The minimum atomic E-state index is -2.11. The Morgan fingerprint density at radius 1 is 0.546 bits per heavy atom. The molecule has 0 aromatic heterocycles. The predicted octanol–water partition coefficient (Wildman–Crippen LogP) is -5.98. The van der Waals surface area contributed by atoms with Crippen molar-refractivity contribution < 1.29 is 163 Å². The molecule has 6 heterocycles. The summed E-state index contributed by atoms with van der Waals surface area (Å²) in [6.07, 6.45) is -46.4. The molecule has 33 nitrogen and oxygen atoms in total. The summed E-state index contributed by atoms with van der Waals surface area (Å²) in [4.78, 5) is 41.7. The second-order valence-corrected chi connectivity index (χ2v) is 30.8. The first-order valence-electron chi connectivity index (χ1n) is 33.7. The first-order chi connectivity index (χ1) is 45.5. The Morgan fingerprint density at radius 2 is 1.12 bits per heavy atom. The van der Waals surface area contributed by atoms with Gasteiger partial charge in [-0.3, -0.25) is 4.79 Å². The lowest BCUT2D eigenvalue weighted by molar-refractivity contribution is -0.381. The largest absolute Gasteiger partial charge is 0.479 e. The summed E-state index contributed by atoms with van der Waals surface area (Å²) in [5.74, 6) is -5.23. The highest BCUT2D eigenvalue weighted by atomic mass is 16.8. The molecule has 4 saturated carbocycles. The van der Waals surface area contributed by atoms with Gasteiger partial charge in [-0.1, -0.05) is 53.2 Å². The van der Waals surface area contributed by atoms with E-state index in [2.05, 4.69) is 26.8 Å². The van der Waals surface area contributed by atoms with E-state index in [-0.39, 0.29) is 25.2 Å². The fourth-order valence-electron chi connectivity index (χ4n) is 19.0. The van der Waals surface area contributed by atoms with Crippen molar-refractivity contribution in [3.63, 3.8) is 0 Å². The summed E-state index contributed by atoms with van der Waals surface area (Å²) >= 11 is 0. The number of carboxylic acids is 1. The smallest absolute Gasteiger partial charge is 0.335 e. The van der Waals surface area contributed by atoms with Gasteiger partial charge in [0.1, 0.15) is 122 Å². The zero-order valence-electron chi connectivity index (χ0n) is 55.0. The Kier molecular flexibility index (Phi) is 22.0. The highest BCUT2D eigenvalue weighted by Gasteiger charge is 2.71. The van der Waals surface area contributed by atoms with Gasteiger partial charge in [0, 0.05) is 5.92 Å². The zero-order chi connectivity index (χ0) is 70.8. The number of hydrogen-bond acceptors (Lipinski definition) is 32. The Hall–Kier alpha value is -2.77. The molecule has 554 valence electrons. The second-order valence-electron chi connectivity index (χ2n) is 30.8. The van der Waals surface area contributed by atoms with Crippen molar-refractivity contribution >= 4 is 18.2 Å². The fourth-order valence-corrected chi connectivity index (χ4v) is 19.0. The lowest BCUT2D eigenvalue weighted by atomic mass is 9.34. The number of ether oxygens (including phenoxy) is 12. The number of esters is 1. The number of carbonyl (C=O) groups is 3. The number of hydrogen-bond donors (Lipinski definition) is 18.